The van der Waals surface area contributed by atoms with Gasteiger partial charge in [-0.05, 0) is 38.1 Å². The molecule has 2 rings (SSSR count). The Bertz CT molecular complexity index is 508. The van der Waals surface area contributed by atoms with Gasteiger partial charge in [0.25, 0.3) is 0 Å². The first-order chi connectivity index (χ1) is 7.47. The second-order valence-corrected chi connectivity index (χ2v) is 6.45. The van der Waals surface area contributed by atoms with Crippen LogP contribution in [0.2, 0.25) is 0 Å². The van der Waals surface area contributed by atoms with Crippen LogP contribution in [-0.4, -0.2) is 27.3 Å². The zero-order chi connectivity index (χ0) is 11.9. The fourth-order valence-corrected chi connectivity index (χ4v) is 4.45. The molecule has 1 heterocycles. The number of nitrogens with one attached hydrogen (secondary N) is 1. The van der Waals surface area contributed by atoms with Crippen molar-refractivity contribution < 1.29 is 8.42 Å². The van der Waals surface area contributed by atoms with Crippen LogP contribution in [0.25, 0.3) is 0 Å². The van der Waals surface area contributed by atoms with Crippen LogP contribution in [-0.2, 0) is 9.84 Å². The summed E-state index contributed by atoms with van der Waals surface area (Å²) in [5.41, 5.74) is 2.08. The van der Waals surface area contributed by atoms with E-state index in [1.807, 2.05) is 33.0 Å². The van der Waals surface area contributed by atoms with Gasteiger partial charge >= 0.3 is 0 Å². The van der Waals surface area contributed by atoms with Crippen LogP contribution in [0.5, 0.6) is 0 Å². The summed E-state index contributed by atoms with van der Waals surface area (Å²) in [5, 5.41) is 3.15. The van der Waals surface area contributed by atoms with Gasteiger partial charge < -0.3 is 5.32 Å². The number of likely N-dealkylation sites (N-methyl/N-ethyl adjacent to an activating group) is 1. The Morgan fingerprint density at radius 3 is 2.75 bits per heavy atom. The van der Waals surface area contributed by atoms with Crippen LogP contribution in [0.3, 0.4) is 0 Å². The molecule has 0 radical (unpaired) electrons. The minimum Gasteiger partial charge on any atom is -0.317 e. The first-order valence-electron chi connectivity index (χ1n) is 5.47. The van der Waals surface area contributed by atoms with Crippen molar-refractivity contribution in [2.45, 2.75) is 30.7 Å². The summed E-state index contributed by atoms with van der Waals surface area (Å²) < 4.78 is 24.0. The summed E-state index contributed by atoms with van der Waals surface area (Å²) in [6.07, 6.45) is 0. The molecule has 3 nitrogen and oxygen atoms in total. The average Bonchev–Trinajstić information content (AvgIpc) is 2.52. The van der Waals surface area contributed by atoms with Gasteiger partial charge in [-0.2, -0.15) is 0 Å². The number of hydrogen-bond acceptors (Lipinski definition) is 3. The molecule has 1 N–H and O–H groups in total. The quantitative estimate of drug-likeness (QED) is 0.850. The molecule has 4 heteroatoms. The first-order valence-corrected chi connectivity index (χ1v) is 7.12. The molecular formula is C12H17NO2S. The average molecular weight is 239 g/mol. The maximum Gasteiger partial charge on any atom is 0.179 e. The normalized spacial score (nSPS) is 24.1. The maximum atomic E-state index is 12.0. The van der Waals surface area contributed by atoms with E-state index in [-0.39, 0.29) is 17.7 Å². The van der Waals surface area contributed by atoms with Crippen molar-refractivity contribution in [2.24, 2.45) is 0 Å². The largest absolute Gasteiger partial charge is 0.317 e. The molecule has 0 aromatic heterocycles. The Morgan fingerprint density at radius 1 is 1.44 bits per heavy atom. The molecule has 1 aromatic rings. The molecule has 0 saturated heterocycles. The molecule has 2 unspecified atom stereocenters. The second kappa shape index (κ2) is 3.86. The van der Waals surface area contributed by atoms with E-state index in [2.05, 4.69) is 5.32 Å². The van der Waals surface area contributed by atoms with Gasteiger partial charge in [-0.15, -0.1) is 0 Å². The van der Waals surface area contributed by atoms with Crippen molar-refractivity contribution in [1.29, 1.82) is 0 Å². The molecule has 2 atom stereocenters. The number of rotatable bonds is 2. The smallest absolute Gasteiger partial charge is 0.179 e. The summed E-state index contributed by atoms with van der Waals surface area (Å²) in [6.45, 7) is 4.01. The molecule has 1 aliphatic heterocycles. The van der Waals surface area contributed by atoms with Crippen molar-refractivity contribution in [3.63, 3.8) is 0 Å². The third-order valence-electron chi connectivity index (χ3n) is 3.45. The lowest BCUT2D eigenvalue weighted by Crippen LogP contribution is -2.30. The summed E-state index contributed by atoms with van der Waals surface area (Å²) in [4.78, 5) is 0.527. The minimum atomic E-state index is -3.07. The lowest BCUT2D eigenvalue weighted by Gasteiger charge is -2.19. The third kappa shape index (κ3) is 1.66. The fourth-order valence-electron chi connectivity index (χ4n) is 2.41. The van der Waals surface area contributed by atoms with Crippen LogP contribution >= 0.6 is 0 Å². The molecule has 16 heavy (non-hydrogen) atoms. The standard InChI is InChI=1S/C12H17NO2S/c1-8-5-4-6-11-12(8)10(9(2)13-3)7-16(11,14)15/h4-6,9-10,13H,7H2,1-3H3. The highest BCUT2D eigenvalue weighted by atomic mass is 32.2. The Labute approximate surface area is 96.8 Å². The van der Waals surface area contributed by atoms with Gasteiger partial charge in [0.1, 0.15) is 0 Å². The Kier molecular flexibility index (Phi) is 2.80. The predicted molar refractivity (Wildman–Crippen MR) is 64.5 cm³/mol. The highest BCUT2D eigenvalue weighted by molar-refractivity contribution is 7.91. The molecule has 0 amide bonds. The lowest BCUT2D eigenvalue weighted by atomic mass is 9.91. The van der Waals surface area contributed by atoms with Crippen molar-refractivity contribution in [1.82, 2.24) is 5.32 Å². The van der Waals surface area contributed by atoms with Crippen LogP contribution in [0.4, 0.5) is 0 Å². The zero-order valence-corrected chi connectivity index (χ0v) is 10.6. The number of aryl methyl sites for hydroxylation is 1. The van der Waals surface area contributed by atoms with E-state index in [9.17, 15) is 8.42 Å². The summed E-state index contributed by atoms with van der Waals surface area (Å²) in [5.74, 6) is 0.307. The van der Waals surface area contributed by atoms with Gasteiger partial charge in [0, 0.05) is 12.0 Å². The van der Waals surface area contributed by atoms with E-state index >= 15 is 0 Å². The Balaban J connectivity index is 2.61. The van der Waals surface area contributed by atoms with Crippen molar-refractivity contribution >= 4 is 9.84 Å². The van der Waals surface area contributed by atoms with Crippen LogP contribution in [0, 0.1) is 6.92 Å². The molecule has 0 spiro atoms. The SMILES string of the molecule is CNC(C)C1CS(=O)(=O)c2cccc(C)c21. The lowest BCUT2D eigenvalue weighted by molar-refractivity contribution is 0.523. The predicted octanol–water partition coefficient (Wildman–Crippen LogP) is 1.47. The van der Waals surface area contributed by atoms with Crippen LogP contribution < -0.4 is 5.32 Å². The van der Waals surface area contributed by atoms with E-state index in [0.29, 0.717) is 4.90 Å². The maximum absolute atomic E-state index is 12.0. The summed E-state index contributed by atoms with van der Waals surface area (Å²) in [7, 11) is -1.20. The van der Waals surface area contributed by atoms with Gasteiger partial charge in [-0.3, -0.25) is 0 Å². The molecule has 0 aliphatic carbocycles. The minimum absolute atomic E-state index is 0.0752. The number of fused-ring (bicyclic) bond motifs is 1. The van der Waals surface area contributed by atoms with E-state index < -0.39 is 9.84 Å². The monoisotopic (exact) mass is 239 g/mol. The third-order valence-corrected chi connectivity index (χ3v) is 5.27. The molecule has 1 aliphatic rings. The molecule has 0 saturated carbocycles. The highest BCUT2D eigenvalue weighted by Gasteiger charge is 2.37. The number of benzene rings is 1. The van der Waals surface area contributed by atoms with E-state index in [4.69, 9.17) is 0 Å². The van der Waals surface area contributed by atoms with Crippen molar-refractivity contribution in [3.05, 3.63) is 29.3 Å². The second-order valence-electron chi connectivity index (χ2n) is 4.45. The van der Waals surface area contributed by atoms with Crippen molar-refractivity contribution in [3.8, 4) is 0 Å². The zero-order valence-electron chi connectivity index (χ0n) is 9.82. The Morgan fingerprint density at radius 2 is 2.12 bits per heavy atom. The molecule has 0 bridgehead atoms. The topological polar surface area (TPSA) is 46.2 Å². The number of hydrogen-bond donors (Lipinski definition) is 1. The Hall–Kier alpha value is -0.870. The van der Waals surface area contributed by atoms with E-state index in [1.54, 1.807) is 6.07 Å². The number of sulfone groups is 1. The summed E-state index contributed by atoms with van der Waals surface area (Å²) in [6, 6.07) is 5.70. The summed E-state index contributed by atoms with van der Waals surface area (Å²) >= 11 is 0. The van der Waals surface area contributed by atoms with Gasteiger partial charge in [-0.25, -0.2) is 8.42 Å². The van der Waals surface area contributed by atoms with Crippen LogP contribution in [0.15, 0.2) is 23.1 Å². The molecular weight excluding hydrogens is 222 g/mol. The van der Waals surface area contributed by atoms with Gasteiger partial charge in [0.05, 0.1) is 10.6 Å². The molecule has 88 valence electrons. The highest BCUT2D eigenvalue weighted by Crippen LogP contribution is 2.38. The van der Waals surface area contributed by atoms with E-state index in [0.717, 1.165) is 11.1 Å². The van der Waals surface area contributed by atoms with Gasteiger partial charge in [0.15, 0.2) is 9.84 Å². The van der Waals surface area contributed by atoms with Gasteiger partial charge in [-0.1, -0.05) is 12.1 Å². The van der Waals surface area contributed by atoms with E-state index in [1.165, 1.54) is 0 Å². The first kappa shape index (κ1) is 11.6. The van der Waals surface area contributed by atoms with Crippen LogP contribution in [0.1, 0.15) is 24.0 Å². The molecule has 1 aromatic carbocycles. The fraction of sp³-hybridized carbons (Fsp3) is 0.500. The van der Waals surface area contributed by atoms with Gasteiger partial charge in [0.2, 0.25) is 0 Å². The molecule has 0 fully saturated rings. The van der Waals surface area contributed by atoms with Crippen molar-refractivity contribution in [2.75, 3.05) is 12.8 Å².